The number of carbonyl (C=O) groups is 1. The van der Waals surface area contributed by atoms with Crippen LogP contribution < -0.4 is 10.6 Å². The number of hydrogen-bond acceptors (Lipinski definition) is 3. The summed E-state index contributed by atoms with van der Waals surface area (Å²) in [5.74, 6) is 0.163. The number of likely N-dealkylation sites (N-methyl/N-ethyl adjacent to an activating group) is 2. The first-order valence-electron chi connectivity index (χ1n) is 6.94. The van der Waals surface area contributed by atoms with Crippen LogP contribution in [0.25, 0.3) is 0 Å². The molecule has 1 aliphatic heterocycles. The van der Waals surface area contributed by atoms with E-state index in [2.05, 4.69) is 22.5 Å². The molecule has 0 radical (unpaired) electrons. The summed E-state index contributed by atoms with van der Waals surface area (Å²) in [7, 11) is 0. The predicted molar refractivity (Wildman–Crippen MR) is 71.0 cm³/mol. The summed E-state index contributed by atoms with van der Waals surface area (Å²) in [5.41, 5.74) is 0. The first kappa shape index (κ1) is 14.5. The fraction of sp³-hybridized carbons (Fsp3) is 0.923. The third-order valence-electron chi connectivity index (χ3n) is 3.53. The van der Waals surface area contributed by atoms with Gasteiger partial charge in [-0.2, -0.15) is 0 Å². The lowest BCUT2D eigenvalue weighted by Crippen LogP contribution is -2.54. The van der Waals surface area contributed by atoms with Gasteiger partial charge in [-0.15, -0.1) is 0 Å². The molecule has 1 fully saturated rings. The normalized spacial score (nSPS) is 23.4. The number of rotatable bonds is 6. The fourth-order valence-electron chi connectivity index (χ4n) is 2.54. The Morgan fingerprint density at radius 1 is 1.35 bits per heavy atom. The highest BCUT2D eigenvalue weighted by Gasteiger charge is 2.29. The summed E-state index contributed by atoms with van der Waals surface area (Å²) in [6.07, 6.45) is 3.71. The second kappa shape index (κ2) is 7.67. The molecule has 17 heavy (non-hydrogen) atoms. The van der Waals surface area contributed by atoms with Gasteiger partial charge >= 0.3 is 0 Å². The molecular weight excluding hydrogens is 214 g/mol. The molecule has 4 heteroatoms. The molecule has 1 saturated heterocycles. The number of nitrogens with zero attached hydrogens (tertiary/aromatic N) is 1. The van der Waals surface area contributed by atoms with Crippen molar-refractivity contribution >= 4 is 5.91 Å². The Kier molecular flexibility index (Phi) is 6.52. The minimum absolute atomic E-state index is 0.00101. The molecule has 0 saturated carbocycles. The van der Waals surface area contributed by atoms with Crippen molar-refractivity contribution < 1.29 is 4.79 Å². The summed E-state index contributed by atoms with van der Waals surface area (Å²) in [5, 5.41) is 6.32. The summed E-state index contributed by atoms with van der Waals surface area (Å²) in [4.78, 5) is 14.2. The fourth-order valence-corrected chi connectivity index (χ4v) is 2.54. The highest BCUT2D eigenvalue weighted by atomic mass is 16.2. The Hall–Kier alpha value is -0.610. The lowest BCUT2D eigenvalue weighted by molar-refractivity contribution is -0.127. The van der Waals surface area contributed by atoms with E-state index in [-0.39, 0.29) is 11.9 Å². The summed E-state index contributed by atoms with van der Waals surface area (Å²) in [6.45, 7) is 9.88. The van der Waals surface area contributed by atoms with Crippen molar-refractivity contribution in [3.05, 3.63) is 0 Å². The van der Waals surface area contributed by atoms with Gasteiger partial charge in [-0.1, -0.05) is 13.3 Å². The summed E-state index contributed by atoms with van der Waals surface area (Å²) in [6, 6.07) is 0.514. The molecule has 0 aliphatic carbocycles. The Balaban J connectivity index is 2.53. The van der Waals surface area contributed by atoms with Crippen molar-refractivity contribution in [3.8, 4) is 0 Å². The third-order valence-corrected chi connectivity index (χ3v) is 3.53. The predicted octanol–water partition coefficient (Wildman–Crippen LogP) is 0.975. The van der Waals surface area contributed by atoms with Crippen molar-refractivity contribution in [2.24, 2.45) is 0 Å². The molecule has 4 nitrogen and oxygen atoms in total. The van der Waals surface area contributed by atoms with Gasteiger partial charge in [-0.25, -0.2) is 0 Å². The largest absolute Gasteiger partial charge is 0.355 e. The number of nitrogens with one attached hydrogen (secondary N) is 2. The summed E-state index contributed by atoms with van der Waals surface area (Å²) >= 11 is 0. The molecule has 0 aromatic carbocycles. The van der Waals surface area contributed by atoms with Crippen molar-refractivity contribution in [2.45, 2.75) is 52.1 Å². The molecule has 2 atom stereocenters. The van der Waals surface area contributed by atoms with Crippen LogP contribution in [0.5, 0.6) is 0 Å². The number of hydrogen-bond donors (Lipinski definition) is 2. The van der Waals surface area contributed by atoms with E-state index >= 15 is 0 Å². The van der Waals surface area contributed by atoms with E-state index in [1.807, 2.05) is 13.8 Å². The average molecular weight is 241 g/mol. The number of amides is 1. The standard InChI is InChI=1S/C13H27N3O/c1-4-14-10-12-8-6-7-9-16(12)11(3)13(17)15-5-2/h11-12,14H,4-10H2,1-3H3,(H,15,17). The molecule has 100 valence electrons. The van der Waals surface area contributed by atoms with Crippen molar-refractivity contribution in [1.82, 2.24) is 15.5 Å². The first-order valence-corrected chi connectivity index (χ1v) is 6.94. The topological polar surface area (TPSA) is 44.4 Å². The molecule has 2 N–H and O–H groups in total. The monoisotopic (exact) mass is 241 g/mol. The second-order valence-electron chi connectivity index (χ2n) is 4.77. The van der Waals surface area contributed by atoms with Gasteiger partial charge in [0, 0.05) is 19.1 Å². The van der Waals surface area contributed by atoms with Gasteiger partial charge in [-0.05, 0) is 39.8 Å². The van der Waals surface area contributed by atoms with E-state index < -0.39 is 0 Å². The third kappa shape index (κ3) is 4.28. The Bertz CT molecular complexity index is 233. The maximum absolute atomic E-state index is 11.9. The number of likely N-dealkylation sites (tertiary alicyclic amines) is 1. The van der Waals surface area contributed by atoms with E-state index in [1.165, 1.54) is 19.3 Å². The lowest BCUT2D eigenvalue weighted by Gasteiger charge is -2.39. The number of carbonyl (C=O) groups excluding carboxylic acids is 1. The van der Waals surface area contributed by atoms with E-state index in [9.17, 15) is 4.79 Å². The minimum atomic E-state index is -0.00101. The molecule has 2 unspecified atom stereocenters. The van der Waals surface area contributed by atoms with Gasteiger partial charge < -0.3 is 10.6 Å². The maximum atomic E-state index is 11.9. The van der Waals surface area contributed by atoms with Crippen LogP contribution in [0.15, 0.2) is 0 Å². The Labute approximate surface area is 105 Å². The van der Waals surface area contributed by atoms with E-state index in [0.717, 1.165) is 26.2 Å². The molecule has 1 aliphatic rings. The van der Waals surface area contributed by atoms with Gasteiger partial charge in [0.2, 0.25) is 5.91 Å². The Morgan fingerprint density at radius 3 is 2.76 bits per heavy atom. The SMILES string of the molecule is CCNCC1CCCCN1C(C)C(=O)NCC. The zero-order valence-electron chi connectivity index (χ0n) is 11.5. The van der Waals surface area contributed by atoms with E-state index in [0.29, 0.717) is 6.04 Å². The van der Waals surface area contributed by atoms with Crippen LogP contribution in [0, 0.1) is 0 Å². The van der Waals surface area contributed by atoms with Crippen LogP contribution in [0.3, 0.4) is 0 Å². The van der Waals surface area contributed by atoms with Gasteiger partial charge in [-0.3, -0.25) is 9.69 Å². The van der Waals surface area contributed by atoms with Crippen molar-refractivity contribution in [2.75, 3.05) is 26.2 Å². The van der Waals surface area contributed by atoms with E-state index in [4.69, 9.17) is 0 Å². The molecule has 0 spiro atoms. The second-order valence-corrected chi connectivity index (χ2v) is 4.77. The smallest absolute Gasteiger partial charge is 0.237 e. The highest BCUT2D eigenvalue weighted by Crippen LogP contribution is 2.19. The maximum Gasteiger partial charge on any atom is 0.237 e. The van der Waals surface area contributed by atoms with Gasteiger partial charge in [0.25, 0.3) is 0 Å². The zero-order valence-corrected chi connectivity index (χ0v) is 11.5. The molecule has 1 amide bonds. The van der Waals surface area contributed by atoms with Crippen LogP contribution in [0.1, 0.15) is 40.0 Å². The van der Waals surface area contributed by atoms with Crippen molar-refractivity contribution in [1.29, 1.82) is 0 Å². The first-order chi connectivity index (χ1) is 8.20. The van der Waals surface area contributed by atoms with Gasteiger partial charge in [0.1, 0.15) is 0 Å². The molecule has 1 heterocycles. The van der Waals surface area contributed by atoms with E-state index in [1.54, 1.807) is 0 Å². The van der Waals surface area contributed by atoms with Crippen molar-refractivity contribution in [3.63, 3.8) is 0 Å². The van der Waals surface area contributed by atoms with Crippen LogP contribution in [-0.4, -0.2) is 49.1 Å². The van der Waals surface area contributed by atoms with Crippen LogP contribution in [0.2, 0.25) is 0 Å². The highest BCUT2D eigenvalue weighted by molar-refractivity contribution is 5.81. The molecule has 0 aromatic rings. The molecular formula is C13H27N3O. The quantitative estimate of drug-likeness (QED) is 0.728. The molecule has 0 bridgehead atoms. The average Bonchev–Trinajstić information content (AvgIpc) is 2.36. The zero-order chi connectivity index (χ0) is 12.7. The molecule has 0 aromatic heterocycles. The van der Waals surface area contributed by atoms with Crippen LogP contribution in [0.4, 0.5) is 0 Å². The molecule has 1 rings (SSSR count). The van der Waals surface area contributed by atoms with Crippen LogP contribution >= 0.6 is 0 Å². The van der Waals surface area contributed by atoms with Gasteiger partial charge in [0.05, 0.1) is 6.04 Å². The Morgan fingerprint density at radius 2 is 2.12 bits per heavy atom. The van der Waals surface area contributed by atoms with Gasteiger partial charge in [0.15, 0.2) is 0 Å². The number of piperidine rings is 1. The lowest BCUT2D eigenvalue weighted by atomic mass is 9.99. The summed E-state index contributed by atoms with van der Waals surface area (Å²) < 4.78 is 0. The van der Waals surface area contributed by atoms with Crippen LogP contribution in [-0.2, 0) is 4.79 Å². The minimum Gasteiger partial charge on any atom is -0.355 e.